The Morgan fingerprint density at radius 1 is 1.15 bits per heavy atom. The van der Waals surface area contributed by atoms with Gasteiger partial charge >= 0.3 is 0 Å². The van der Waals surface area contributed by atoms with Crippen molar-refractivity contribution in [2.45, 2.75) is 6.92 Å². The molecule has 0 saturated carbocycles. The molecule has 1 aromatic carbocycles. The van der Waals surface area contributed by atoms with Crippen LogP contribution < -0.4 is 10.9 Å². The number of nitrogens with one attached hydrogen (secondary N) is 2. The van der Waals surface area contributed by atoms with Gasteiger partial charge in [-0.15, -0.1) is 0 Å². The van der Waals surface area contributed by atoms with Gasteiger partial charge in [0.25, 0.3) is 11.8 Å². The Bertz CT molecular complexity index is 630. The van der Waals surface area contributed by atoms with E-state index < -0.39 is 5.91 Å². The van der Waals surface area contributed by atoms with Gasteiger partial charge in [0.05, 0.1) is 6.26 Å². The molecule has 2 amide bonds. The molecule has 2 rings (SSSR count). The van der Waals surface area contributed by atoms with E-state index in [1.165, 1.54) is 18.4 Å². The molecule has 1 heterocycles. The normalized spacial score (nSPS) is 10.4. The van der Waals surface area contributed by atoms with E-state index in [1.807, 2.05) is 13.0 Å². The second-order valence-electron chi connectivity index (χ2n) is 4.16. The first kappa shape index (κ1) is 13.6. The van der Waals surface area contributed by atoms with Crippen LogP contribution in [0.5, 0.6) is 0 Å². The van der Waals surface area contributed by atoms with E-state index in [4.69, 9.17) is 4.42 Å². The lowest BCUT2D eigenvalue weighted by atomic mass is 10.1. The fraction of sp³-hybridized carbons (Fsp3) is 0.0667. The Balaban J connectivity index is 1.86. The first-order valence-corrected chi connectivity index (χ1v) is 6.04. The van der Waals surface area contributed by atoms with Crippen molar-refractivity contribution in [3.63, 3.8) is 0 Å². The second kappa shape index (κ2) is 6.38. The van der Waals surface area contributed by atoms with Crippen LogP contribution in [-0.4, -0.2) is 11.8 Å². The molecule has 5 heteroatoms. The van der Waals surface area contributed by atoms with Crippen LogP contribution in [0.15, 0.2) is 53.2 Å². The van der Waals surface area contributed by atoms with Gasteiger partial charge in [0, 0.05) is 11.6 Å². The van der Waals surface area contributed by atoms with Gasteiger partial charge in [-0.3, -0.25) is 20.4 Å². The summed E-state index contributed by atoms with van der Waals surface area (Å²) in [5.41, 5.74) is 6.09. The zero-order chi connectivity index (χ0) is 14.4. The predicted molar refractivity (Wildman–Crippen MR) is 74.5 cm³/mol. The number of rotatable bonds is 3. The van der Waals surface area contributed by atoms with E-state index in [9.17, 15) is 9.59 Å². The summed E-state index contributed by atoms with van der Waals surface area (Å²) in [7, 11) is 0. The van der Waals surface area contributed by atoms with Gasteiger partial charge in [-0.1, -0.05) is 17.7 Å². The first-order valence-electron chi connectivity index (χ1n) is 6.04. The number of hydrazine groups is 1. The maximum atomic E-state index is 11.8. The third kappa shape index (κ3) is 3.84. The van der Waals surface area contributed by atoms with Gasteiger partial charge in [0.2, 0.25) is 0 Å². The predicted octanol–water partition coefficient (Wildman–Crippen LogP) is 2.06. The molecule has 0 spiro atoms. The molecule has 1 aromatic heterocycles. The lowest BCUT2D eigenvalue weighted by Gasteiger charge is -2.05. The zero-order valence-electron chi connectivity index (χ0n) is 10.9. The lowest BCUT2D eigenvalue weighted by Crippen LogP contribution is -2.40. The number of amides is 2. The van der Waals surface area contributed by atoms with Crippen molar-refractivity contribution in [1.82, 2.24) is 10.9 Å². The Labute approximate surface area is 116 Å². The van der Waals surface area contributed by atoms with Crippen LogP contribution in [0.1, 0.15) is 21.7 Å². The summed E-state index contributed by atoms with van der Waals surface area (Å²) in [6.45, 7) is 1.89. The molecule has 0 aliphatic carbocycles. The maximum absolute atomic E-state index is 11.8. The minimum Gasteiger partial charge on any atom is -0.465 e. The largest absolute Gasteiger partial charge is 0.465 e. The fourth-order valence-corrected chi connectivity index (χ4v) is 1.56. The number of benzene rings is 1. The van der Waals surface area contributed by atoms with E-state index in [0.717, 1.165) is 5.56 Å². The molecule has 0 radical (unpaired) electrons. The highest BCUT2D eigenvalue weighted by Gasteiger charge is 2.05. The molecule has 2 aromatic rings. The summed E-state index contributed by atoms with van der Waals surface area (Å²) in [5.74, 6) is -0.249. The molecule has 0 aliphatic rings. The second-order valence-corrected chi connectivity index (χ2v) is 4.16. The number of carbonyl (C=O) groups is 2. The van der Waals surface area contributed by atoms with E-state index in [2.05, 4.69) is 10.9 Å². The van der Waals surface area contributed by atoms with Crippen molar-refractivity contribution in [3.05, 3.63) is 65.6 Å². The molecule has 0 fully saturated rings. The molecular formula is C15H14N2O3. The van der Waals surface area contributed by atoms with Crippen LogP contribution in [0.25, 0.3) is 6.08 Å². The number of hydrogen-bond acceptors (Lipinski definition) is 3. The van der Waals surface area contributed by atoms with Gasteiger partial charge in [-0.05, 0) is 37.3 Å². The van der Waals surface area contributed by atoms with Gasteiger partial charge < -0.3 is 4.42 Å². The number of furan rings is 1. The van der Waals surface area contributed by atoms with Gasteiger partial charge in [0.15, 0.2) is 0 Å². The van der Waals surface area contributed by atoms with Crippen molar-refractivity contribution in [2.75, 3.05) is 0 Å². The van der Waals surface area contributed by atoms with Crippen LogP contribution >= 0.6 is 0 Å². The van der Waals surface area contributed by atoms with Crippen molar-refractivity contribution in [2.24, 2.45) is 0 Å². The van der Waals surface area contributed by atoms with E-state index in [-0.39, 0.29) is 5.91 Å². The van der Waals surface area contributed by atoms with Gasteiger partial charge in [0.1, 0.15) is 5.76 Å². The molecule has 0 saturated heterocycles. The van der Waals surface area contributed by atoms with Crippen LogP contribution in [-0.2, 0) is 4.79 Å². The molecule has 0 aliphatic heterocycles. The SMILES string of the molecule is Cc1cccc(C(=O)NNC(=O)C=Cc2ccco2)c1. The molecular weight excluding hydrogens is 256 g/mol. The summed E-state index contributed by atoms with van der Waals surface area (Å²) in [4.78, 5) is 23.3. The average Bonchev–Trinajstić information content (AvgIpc) is 2.95. The average molecular weight is 270 g/mol. The van der Waals surface area contributed by atoms with Crippen LogP contribution in [0.2, 0.25) is 0 Å². The Morgan fingerprint density at radius 2 is 2.00 bits per heavy atom. The summed E-state index contributed by atoms with van der Waals surface area (Å²) in [6.07, 6.45) is 4.29. The third-order valence-electron chi connectivity index (χ3n) is 2.52. The van der Waals surface area contributed by atoms with E-state index in [1.54, 1.807) is 30.3 Å². The molecule has 0 bridgehead atoms. The third-order valence-corrected chi connectivity index (χ3v) is 2.52. The molecule has 2 N–H and O–H groups in total. The Hall–Kier alpha value is -2.82. The first-order chi connectivity index (χ1) is 9.65. The summed E-state index contributed by atoms with van der Waals surface area (Å²) in [5, 5.41) is 0. The highest BCUT2D eigenvalue weighted by atomic mass is 16.3. The van der Waals surface area contributed by atoms with Crippen molar-refractivity contribution in [1.29, 1.82) is 0 Å². The topological polar surface area (TPSA) is 71.3 Å². The summed E-state index contributed by atoms with van der Waals surface area (Å²) >= 11 is 0. The minimum atomic E-state index is -0.442. The molecule has 102 valence electrons. The van der Waals surface area contributed by atoms with Gasteiger partial charge in [-0.25, -0.2) is 0 Å². The number of hydrogen-bond donors (Lipinski definition) is 2. The summed E-state index contributed by atoms with van der Waals surface area (Å²) < 4.78 is 5.04. The Kier molecular flexibility index (Phi) is 4.34. The minimum absolute atomic E-state index is 0.367. The quantitative estimate of drug-likeness (QED) is 0.662. The van der Waals surface area contributed by atoms with E-state index in [0.29, 0.717) is 11.3 Å². The maximum Gasteiger partial charge on any atom is 0.269 e. The van der Waals surface area contributed by atoms with Crippen LogP contribution in [0, 0.1) is 6.92 Å². The molecule has 5 nitrogen and oxygen atoms in total. The highest BCUT2D eigenvalue weighted by molar-refractivity contribution is 5.97. The summed E-state index contributed by atoms with van der Waals surface area (Å²) in [6, 6.07) is 10.5. The lowest BCUT2D eigenvalue weighted by molar-refractivity contribution is -0.117. The van der Waals surface area contributed by atoms with Crippen LogP contribution in [0.4, 0.5) is 0 Å². The van der Waals surface area contributed by atoms with E-state index >= 15 is 0 Å². The van der Waals surface area contributed by atoms with Crippen LogP contribution in [0.3, 0.4) is 0 Å². The monoisotopic (exact) mass is 270 g/mol. The van der Waals surface area contributed by atoms with Crippen molar-refractivity contribution >= 4 is 17.9 Å². The standard InChI is InChI=1S/C15H14N2O3/c1-11-4-2-5-12(10-11)15(19)17-16-14(18)8-7-13-6-3-9-20-13/h2-10H,1H3,(H,16,18)(H,17,19). The molecule has 0 unspecified atom stereocenters. The smallest absolute Gasteiger partial charge is 0.269 e. The van der Waals surface area contributed by atoms with Crippen molar-refractivity contribution in [3.8, 4) is 0 Å². The molecule has 20 heavy (non-hydrogen) atoms. The molecule has 0 atom stereocenters. The van der Waals surface area contributed by atoms with Gasteiger partial charge in [-0.2, -0.15) is 0 Å². The number of carbonyl (C=O) groups excluding carboxylic acids is 2. The number of aryl methyl sites for hydroxylation is 1. The highest BCUT2D eigenvalue weighted by Crippen LogP contribution is 2.03. The van der Waals surface area contributed by atoms with Crippen molar-refractivity contribution < 1.29 is 14.0 Å². The Morgan fingerprint density at radius 3 is 2.70 bits per heavy atom. The zero-order valence-corrected chi connectivity index (χ0v) is 10.9. The fourth-order valence-electron chi connectivity index (χ4n) is 1.56.